The summed E-state index contributed by atoms with van der Waals surface area (Å²) in [6, 6.07) is 13.3. The van der Waals surface area contributed by atoms with E-state index in [4.69, 9.17) is 35.4 Å². The Balaban J connectivity index is 1.77. The second-order valence-electron chi connectivity index (χ2n) is 5.99. The Labute approximate surface area is 182 Å². The van der Waals surface area contributed by atoms with Crippen LogP contribution in [0.25, 0.3) is 0 Å². The number of anilines is 2. The summed E-state index contributed by atoms with van der Waals surface area (Å²) in [6.07, 6.45) is 0. The van der Waals surface area contributed by atoms with Crippen molar-refractivity contribution in [1.82, 2.24) is 9.78 Å². The summed E-state index contributed by atoms with van der Waals surface area (Å²) in [5, 5.41) is 12.8. The molecule has 27 heavy (non-hydrogen) atoms. The van der Waals surface area contributed by atoms with E-state index >= 15 is 0 Å². The zero-order valence-electron chi connectivity index (χ0n) is 14.7. The highest BCUT2D eigenvalue weighted by molar-refractivity contribution is 9.10. The van der Waals surface area contributed by atoms with Crippen LogP contribution in [0.4, 0.5) is 11.4 Å². The third-order valence-electron chi connectivity index (χ3n) is 4.09. The van der Waals surface area contributed by atoms with Gasteiger partial charge in [-0.2, -0.15) is 5.10 Å². The maximum atomic E-state index is 6.29. The Hall–Kier alpha value is -1.60. The van der Waals surface area contributed by atoms with Gasteiger partial charge in [-0.3, -0.25) is 4.68 Å². The lowest BCUT2D eigenvalue weighted by Gasteiger charge is -2.12. The van der Waals surface area contributed by atoms with E-state index in [0.717, 1.165) is 32.8 Å². The van der Waals surface area contributed by atoms with Gasteiger partial charge in [-0.25, -0.2) is 0 Å². The summed E-state index contributed by atoms with van der Waals surface area (Å²) in [5.74, 6) is 0. The summed E-state index contributed by atoms with van der Waals surface area (Å²) in [5.41, 5.74) is 4.40. The SMILES string of the molecule is Cc1nn(Cc2c(Cl)cccc2Cl)c(C)c1NC(=S)Nc1ccc(Br)cc1. The zero-order valence-corrected chi connectivity index (χ0v) is 18.6. The molecule has 3 rings (SSSR count). The molecule has 2 N–H and O–H groups in total. The third kappa shape index (κ3) is 4.82. The van der Waals surface area contributed by atoms with Crippen LogP contribution in [0.5, 0.6) is 0 Å². The quantitative estimate of drug-likeness (QED) is 0.419. The summed E-state index contributed by atoms with van der Waals surface area (Å²) >= 11 is 21.4. The average molecular weight is 484 g/mol. The fraction of sp³-hybridized carbons (Fsp3) is 0.158. The first-order valence-corrected chi connectivity index (χ1v) is 10.1. The Morgan fingerprint density at radius 2 is 1.70 bits per heavy atom. The summed E-state index contributed by atoms with van der Waals surface area (Å²) < 4.78 is 2.88. The van der Waals surface area contributed by atoms with Gasteiger partial charge in [0.2, 0.25) is 0 Å². The van der Waals surface area contributed by atoms with Gasteiger partial charge in [-0.1, -0.05) is 45.2 Å². The molecule has 0 unspecified atom stereocenters. The first kappa shape index (κ1) is 20.1. The van der Waals surface area contributed by atoms with Crippen LogP contribution in [0, 0.1) is 13.8 Å². The van der Waals surface area contributed by atoms with Crippen LogP contribution < -0.4 is 10.6 Å². The number of halogens is 3. The molecule has 4 nitrogen and oxygen atoms in total. The van der Waals surface area contributed by atoms with Crippen molar-refractivity contribution < 1.29 is 0 Å². The van der Waals surface area contributed by atoms with Gasteiger partial charge in [0.1, 0.15) is 0 Å². The van der Waals surface area contributed by atoms with Crippen LogP contribution in [0.2, 0.25) is 10.0 Å². The van der Waals surface area contributed by atoms with E-state index in [1.807, 2.05) is 61.0 Å². The molecule has 0 saturated carbocycles. The van der Waals surface area contributed by atoms with Crippen LogP contribution in [0.15, 0.2) is 46.9 Å². The Bertz CT molecular complexity index is 966. The lowest BCUT2D eigenvalue weighted by molar-refractivity contribution is 0.659. The van der Waals surface area contributed by atoms with Crippen molar-refractivity contribution in [3.05, 3.63) is 73.9 Å². The van der Waals surface area contributed by atoms with Gasteiger partial charge in [-0.05, 0) is 62.5 Å². The van der Waals surface area contributed by atoms with Gasteiger partial charge in [-0.15, -0.1) is 0 Å². The van der Waals surface area contributed by atoms with Crippen LogP contribution in [-0.4, -0.2) is 14.9 Å². The topological polar surface area (TPSA) is 41.9 Å². The van der Waals surface area contributed by atoms with E-state index in [0.29, 0.717) is 21.7 Å². The molecule has 1 heterocycles. The Morgan fingerprint density at radius 1 is 1.07 bits per heavy atom. The van der Waals surface area contributed by atoms with Crippen LogP contribution >= 0.6 is 51.3 Å². The molecule has 0 bridgehead atoms. The van der Waals surface area contributed by atoms with Gasteiger partial charge in [0, 0.05) is 25.8 Å². The molecule has 0 amide bonds. The van der Waals surface area contributed by atoms with Crippen molar-refractivity contribution in [2.45, 2.75) is 20.4 Å². The number of thiocarbonyl (C=S) groups is 1. The second kappa shape index (κ2) is 8.61. The maximum absolute atomic E-state index is 6.29. The fourth-order valence-corrected chi connectivity index (χ4v) is 3.68. The fourth-order valence-electron chi connectivity index (χ4n) is 2.67. The van der Waals surface area contributed by atoms with E-state index in [1.54, 1.807) is 0 Å². The smallest absolute Gasteiger partial charge is 0.175 e. The monoisotopic (exact) mass is 482 g/mol. The largest absolute Gasteiger partial charge is 0.332 e. The van der Waals surface area contributed by atoms with E-state index in [2.05, 4.69) is 31.7 Å². The number of aromatic nitrogens is 2. The molecule has 0 atom stereocenters. The average Bonchev–Trinajstić information content (AvgIpc) is 2.88. The number of rotatable bonds is 4. The zero-order chi connectivity index (χ0) is 19.6. The summed E-state index contributed by atoms with van der Waals surface area (Å²) in [6.45, 7) is 4.40. The highest BCUT2D eigenvalue weighted by Gasteiger charge is 2.15. The molecule has 0 aliphatic heterocycles. The van der Waals surface area contributed by atoms with Crippen molar-refractivity contribution in [1.29, 1.82) is 0 Å². The molecule has 0 aliphatic carbocycles. The Morgan fingerprint density at radius 3 is 2.33 bits per heavy atom. The first-order chi connectivity index (χ1) is 12.8. The highest BCUT2D eigenvalue weighted by atomic mass is 79.9. The molecule has 140 valence electrons. The molecular weight excluding hydrogens is 467 g/mol. The molecule has 1 aromatic heterocycles. The predicted molar refractivity (Wildman–Crippen MR) is 121 cm³/mol. The minimum atomic E-state index is 0.486. The van der Waals surface area contributed by atoms with E-state index in [9.17, 15) is 0 Å². The van der Waals surface area contributed by atoms with Gasteiger partial charge in [0.05, 0.1) is 23.6 Å². The van der Waals surface area contributed by atoms with Crippen LogP contribution in [0.3, 0.4) is 0 Å². The lowest BCUT2D eigenvalue weighted by atomic mass is 10.2. The number of aryl methyl sites for hydroxylation is 1. The molecule has 8 heteroatoms. The molecular formula is C19H17BrCl2N4S. The van der Waals surface area contributed by atoms with Crippen molar-refractivity contribution >= 4 is 67.8 Å². The predicted octanol–water partition coefficient (Wildman–Crippen LogP) is 6.43. The molecule has 0 saturated heterocycles. The minimum absolute atomic E-state index is 0.486. The maximum Gasteiger partial charge on any atom is 0.175 e. The molecule has 0 spiro atoms. The van der Waals surface area contributed by atoms with Crippen LogP contribution in [0.1, 0.15) is 17.0 Å². The molecule has 2 aromatic carbocycles. The van der Waals surface area contributed by atoms with Crippen molar-refractivity contribution in [3.63, 3.8) is 0 Å². The highest BCUT2D eigenvalue weighted by Crippen LogP contribution is 2.27. The first-order valence-electron chi connectivity index (χ1n) is 8.15. The number of hydrogen-bond donors (Lipinski definition) is 2. The second-order valence-corrected chi connectivity index (χ2v) is 8.13. The number of nitrogens with one attached hydrogen (secondary N) is 2. The normalized spacial score (nSPS) is 10.7. The molecule has 0 aliphatic rings. The Kier molecular flexibility index (Phi) is 6.42. The van der Waals surface area contributed by atoms with Crippen LogP contribution in [-0.2, 0) is 6.54 Å². The standard InChI is InChI=1S/C19H17BrCl2N4S/c1-11-18(24-19(27)23-14-8-6-13(20)7-9-14)12(2)26(25-11)10-15-16(21)4-3-5-17(15)22/h3-9H,10H2,1-2H3,(H2,23,24,27). The summed E-state index contributed by atoms with van der Waals surface area (Å²) in [4.78, 5) is 0. The molecule has 3 aromatic rings. The lowest BCUT2D eigenvalue weighted by Crippen LogP contribution is -2.20. The number of hydrogen-bond acceptors (Lipinski definition) is 2. The van der Waals surface area contributed by atoms with Gasteiger partial charge in [0.15, 0.2) is 5.11 Å². The van der Waals surface area contributed by atoms with Gasteiger partial charge in [0.25, 0.3) is 0 Å². The van der Waals surface area contributed by atoms with Gasteiger partial charge < -0.3 is 10.6 Å². The van der Waals surface area contributed by atoms with Gasteiger partial charge >= 0.3 is 0 Å². The summed E-state index contributed by atoms with van der Waals surface area (Å²) in [7, 11) is 0. The van der Waals surface area contributed by atoms with Crippen molar-refractivity contribution in [2.24, 2.45) is 0 Å². The van der Waals surface area contributed by atoms with E-state index in [-0.39, 0.29) is 0 Å². The number of nitrogens with zero attached hydrogens (tertiary/aromatic N) is 2. The number of benzene rings is 2. The van der Waals surface area contributed by atoms with Crippen molar-refractivity contribution in [2.75, 3.05) is 10.6 Å². The van der Waals surface area contributed by atoms with Crippen molar-refractivity contribution in [3.8, 4) is 0 Å². The third-order valence-corrected chi connectivity index (χ3v) is 5.53. The van der Waals surface area contributed by atoms with E-state index < -0.39 is 0 Å². The molecule has 0 fully saturated rings. The molecule has 0 radical (unpaired) electrons. The minimum Gasteiger partial charge on any atom is -0.332 e. The van der Waals surface area contributed by atoms with E-state index in [1.165, 1.54) is 0 Å².